The van der Waals surface area contributed by atoms with Gasteiger partial charge in [-0.3, -0.25) is 4.79 Å². The Hall–Kier alpha value is -1.56. The van der Waals surface area contributed by atoms with Gasteiger partial charge in [-0.15, -0.1) is 0 Å². The number of allylic oxidation sites excluding steroid dienone is 1. The van der Waals surface area contributed by atoms with E-state index in [0.717, 1.165) is 64.5 Å². The molecule has 4 aliphatic heterocycles. The third-order valence-electron chi connectivity index (χ3n) is 5.74. The summed E-state index contributed by atoms with van der Waals surface area (Å²) in [4.78, 5) is 21.8. The molecule has 4 aliphatic rings. The minimum atomic E-state index is 0.166. The smallest absolute Gasteiger partial charge is 0.225 e. The monoisotopic (exact) mass is 318 g/mol. The second-order valence-electron chi connectivity index (χ2n) is 7.12. The highest BCUT2D eigenvalue weighted by molar-refractivity contribution is 5.79. The largest absolute Gasteiger partial charge is 0.381 e. The Morgan fingerprint density at radius 1 is 1.35 bits per heavy atom. The Bertz CT molecular complexity index is 539. The molecule has 0 aromatic carbocycles. The van der Waals surface area contributed by atoms with Gasteiger partial charge in [-0.2, -0.15) is 0 Å². The summed E-state index contributed by atoms with van der Waals surface area (Å²) in [6, 6.07) is 0.397. The third kappa shape index (κ3) is 2.73. The maximum Gasteiger partial charge on any atom is 0.225 e. The van der Waals surface area contributed by atoms with Crippen LogP contribution in [0.2, 0.25) is 0 Å². The van der Waals surface area contributed by atoms with Gasteiger partial charge >= 0.3 is 0 Å². The maximum atomic E-state index is 12.8. The molecule has 6 heteroatoms. The molecule has 1 amide bonds. The Morgan fingerprint density at radius 3 is 3.00 bits per heavy atom. The zero-order valence-corrected chi connectivity index (χ0v) is 13.8. The van der Waals surface area contributed by atoms with Gasteiger partial charge in [0.05, 0.1) is 18.4 Å². The summed E-state index contributed by atoms with van der Waals surface area (Å²) in [6.45, 7) is 6.35. The molecule has 0 bridgehead atoms. The van der Waals surface area contributed by atoms with E-state index in [0.29, 0.717) is 17.9 Å². The topological polar surface area (TPSA) is 57.2 Å². The average Bonchev–Trinajstić information content (AvgIpc) is 3.19. The molecule has 23 heavy (non-hydrogen) atoms. The van der Waals surface area contributed by atoms with Crippen molar-refractivity contribution in [2.24, 2.45) is 16.8 Å². The van der Waals surface area contributed by atoms with Crippen LogP contribution < -0.4 is 5.32 Å². The highest BCUT2D eigenvalue weighted by Gasteiger charge is 2.38. The number of hydrogen-bond acceptors (Lipinski definition) is 5. The Balaban J connectivity index is 1.45. The van der Waals surface area contributed by atoms with Crippen LogP contribution in [-0.4, -0.2) is 60.9 Å². The number of nitrogens with one attached hydrogen (secondary N) is 1. The number of aliphatic imine (C=N–C) groups is 1. The van der Waals surface area contributed by atoms with Crippen LogP contribution in [0.1, 0.15) is 32.6 Å². The minimum absolute atomic E-state index is 0.166. The molecular formula is C17H26N4O2. The van der Waals surface area contributed by atoms with E-state index in [1.807, 2.05) is 6.21 Å². The minimum Gasteiger partial charge on any atom is -0.381 e. The second-order valence-corrected chi connectivity index (χ2v) is 7.12. The third-order valence-corrected chi connectivity index (χ3v) is 5.74. The fraction of sp³-hybridized carbons (Fsp3) is 0.765. The van der Waals surface area contributed by atoms with Crippen molar-refractivity contribution in [2.45, 2.75) is 38.6 Å². The number of carbonyl (C=O) groups excluding carboxylic acids is 1. The quantitative estimate of drug-likeness (QED) is 0.830. The van der Waals surface area contributed by atoms with Crippen LogP contribution in [0.4, 0.5) is 0 Å². The van der Waals surface area contributed by atoms with Crippen molar-refractivity contribution in [2.75, 3.05) is 33.0 Å². The molecule has 2 unspecified atom stereocenters. The lowest BCUT2D eigenvalue weighted by Gasteiger charge is -2.44. The molecule has 0 spiro atoms. The van der Waals surface area contributed by atoms with Gasteiger partial charge < -0.3 is 19.9 Å². The number of likely N-dealkylation sites (tertiary alicyclic amines) is 1. The first-order valence-corrected chi connectivity index (χ1v) is 8.87. The number of ether oxygens (including phenoxy) is 1. The van der Waals surface area contributed by atoms with Crippen molar-refractivity contribution in [3.8, 4) is 0 Å². The van der Waals surface area contributed by atoms with Crippen molar-refractivity contribution >= 4 is 12.1 Å². The molecule has 4 rings (SSSR count). The van der Waals surface area contributed by atoms with Gasteiger partial charge in [-0.25, -0.2) is 4.99 Å². The normalized spacial score (nSPS) is 31.5. The first-order chi connectivity index (χ1) is 11.2. The van der Waals surface area contributed by atoms with E-state index in [2.05, 4.69) is 27.0 Å². The lowest BCUT2D eigenvalue weighted by atomic mass is 9.90. The van der Waals surface area contributed by atoms with Crippen molar-refractivity contribution in [3.63, 3.8) is 0 Å². The van der Waals surface area contributed by atoms with E-state index >= 15 is 0 Å². The summed E-state index contributed by atoms with van der Waals surface area (Å²) in [5.74, 6) is 2.14. The van der Waals surface area contributed by atoms with E-state index < -0.39 is 0 Å². The zero-order valence-electron chi connectivity index (χ0n) is 13.8. The molecule has 0 aromatic rings. The number of carbonyl (C=O) groups is 1. The van der Waals surface area contributed by atoms with Gasteiger partial charge in [0.15, 0.2) is 0 Å². The predicted octanol–water partition coefficient (Wildman–Crippen LogP) is 1.16. The molecule has 0 saturated carbocycles. The van der Waals surface area contributed by atoms with Crippen LogP contribution in [0.25, 0.3) is 0 Å². The SMILES string of the molecule is CC1CCN(C(=O)C2CCOCC2)CC1N1CNC2=C1CC=N2. The summed E-state index contributed by atoms with van der Waals surface area (Å²) in [6.07, 6.45) is 5.73. The van der Waals surface area contributed by atoms with E-state index in [9.17, 15) is 4.79 Å². The van der Waals surface area contributed by atoms with Crippen LogP contribution in [0, 0.1) is 11.8 Å². The highest BCUT2D eigenvalue weighted by Crippen LogP contribution is 2.32. The number of amides is 1. The molecule has 0 aromatic heterocycles. The molecule has 2 atom stereocenters. The second kappa shape index (κ2) is 6.15. The summed E-state index contributed by atoms with van der Waals surface area (Å²) < 4.78 is 5.40. The van der Waals surface area contributed by atoms with E-state index in [1.54, 1.807) is 0 Å². The van der Waals surface area contributed by atoms with Crippen molar-refractivity contribution in [3.05, 3.63) is 11.5 Å². The molecule has 4 heterocycles. The van der Waals surface area contributed by atoms with E-state index in [1.165, 1.54) is 5.70 Å². The Kier molecular flexibility index (Phi) is 4.01. The standard InChI is InChI=1S/C17H26N4O2/c1-12-3-7-20(17(22)13-4-8-23-9-5-13)10-15(12)21-11-19-16-14(21)2-6-18-16/h6,12-13,15,19H,2-5,7-11H2,1H3. The van der Waals surface area contributed by atoms with Gasteiger partial charge in [-0.1, -0.05) is 6.92 Å². The Morgan fingerprint density at radius 2 is 2.17 bits per heavy atom. The van der Waals surface area contributed by atoms with Crippen LogP contribution in [-0.2, 0) is 9.53 Å². The first-order valence-electron chi connectivity index (χ1n) is 8.87. The fourth-order valence-corrected chi connectivity index (χ4v) is 4.23. The first kappa shape index (κ1) is 15.0. The molecule has 2 fully saturated rings. The molecule has 0 radical (unpaired) electrons. The summed E-state index contributed by atoms with van der Waals surface area (Å²) >= 11 is 0. The van der Waals surface area contributed by atoms with E-state index in [-0.39, 0.29) is 5.92 Å². The summed E-state index contributed by atoms with van der Waals surface area (Å²) in [5.41, 5.74) is 1.31. The average molecular weight is 318 g/mol. The summed E-state index contributed by atoms with van der Waals surface area (Å²) in [5, 5.41) is 3.38. The van der Waals surface area contributed by atoms with Crippen molar-refractivity contribution in [1.29, 1.82) is 0 Å². The summed E-state index contributed by atoms with van der Waals surface area (Å²) in [7, 11) is 0. The van der Waals surface area contributed by atoms with E-state index in [4.69, 9.17) is 4.74 Å². The van der Waals surface area contributed by atoms with Gasteiger partial charge in [0.2, 0.25) is 5.91 Å². The van der Waals surface area contributed by atoms with Gasteiger partial charge in [0.25, 0.3) is 0 Å². The van der Waals surface area contributed by atoms with Crippen LogP contribution in [0.15, 0.2) is 16.5 Å². The molecule has 2 saturated heterocycles. The van der Waals surface area contributed by atoms with Gasteiger partial charge in [-0.05, 0) is 25.2 Å². The van der Waals surface area contributed by atoms with Crippen LogP contribution in [0.5, 0.6) is 0 Å². The fourth-order valence-electron chi connectivity index (χ4n) is 4.23. The van der Waals surface area contributed by atoms with Gasteiger partial charge in [0.1, 0.15) is 5.82 Å². The molecule has 0 aliphatic carbocycles. The number of hydrogen-bond donors (Lipinski definition) is 1. The number of nitrogens with zero attached hydrogens (tertiary/aromatic N) is 3. The molecule has 6 nitrogen and oxygen atoms in total. The van der Waals surface area contributed by atoms with Gasteiger partial charge in [0, 0.05) is 44.9 Å². The van der Waals surface area contributed by atoms with Crippen molar-refractivity contribution < 1.29 is 9.53 Å². The van der Waals surface area contributed by atoms with Crippen LogP contribution in [0.3, 0.4) is 0 Å². The maximum absolute atomic E-state index is 12.8. The zero-order chi connectivity index (χ0) is 15.8. The van der Waals surface area contributed by atoms with Crippen molar-refractivity contribution in [1.82, 2.24) is 15.1 Å². The predicted molar refractivity (Wildman–Crippen MR) is 87.7 cm³/mol. The van der Waals surface area contributed by atoms with Crippen LogP contribution >= 0.6 is 0 Å². The lowest BCUT2D eigenvalue weighted by Crippen LogP contribution is -2.54. The Labute approximate surface area is 137 Å². The molecular weight excluding hydrogens is 292 g/mol. The lowest BCUT2D eigenvalue weighted by molar-refractivity contribution is -0.141. The molecule has 1 N–H and O–H groups in total. The number of piperidine rings is 1. The highest BCUT2D eigenvalue weighted by atomic mass is 16.5. The molecule has 126 valence electrons. The number of rotatable bonds is 2.